The largest absolute Gasteiger partial charge is 0.398 e. The molecule has 1 aromatic heterocycles. The van der Waals surface area contributed by atoms with Gasteiger partial charge in [0, 0.05) is 35.8 Å². The fraction of sp³-hybridized carbons (Fsp3) is 0.167. The summed E-state index contributed by atoms with van der Waals surface area (Å²) in [6, 6.07) is 7.87. The molecule has 0 fully saturated rings. The number of aromatic amines is 1. The Bertz CT molecular complexity index is 435. The second-order valence-electron chi connectivity index (χ2n) is 3.45. The first-order valence-corrected chi connectivity index (χ1v) is 4.94. The third-order valence-corrected chi connectivity index (χ3v) is 2.49. The molecule has 0 aliphatic carbocycles. The normalized spacial score (nSPS) is 10.5. The summed E-state index contributed by atoms with van der Waals surface area (Å²) in [5.74, 6) is 0. The number of H-pyrrole nitrogens is 1. The highest BCUT2D eigenvalue weighted by Gasteiger charge is 2.06. The predicted octanol–water partition coefficient (Wildman–Crippen LogP) is 1.80. The maximum absolute atomic E-state index is 8.90. The number of para-hydroxylation sites is 1. The number of hydrogen-bond donors (Lipinski definition) is 3. The van der Waals surface area contributed by atoms with Crippen molar-refractivity contribution in [2.75, 3.05) is 12.3 Å². The summed E-state index contributed by atoms with van der Waals surface area (Å²) < 4.78 is 0. The van der Waals surface area contributed by atoms with Gasteiger partial charge in [-0.25, -0.2) is 0 Å². The van der Waals surface area contributed by atoms with Gasteiger partial charge in [-0.05, 0) is 18.1 Å². The van der Waals surface area contributed by atoms with E-state index in [0.29, 0.717) is 6.42 Å². The Morgan fingerprint density at radius 2 is 2.13 bits per heavy atom. The van der Waals surface area contributed by atoms with Gasteiger partial charge < -0.3 is 15.8 Å². The van der Waals surface area contributed by atoms with E-state index >= 15 is 0 Å². The number of nitrogen functional groups attached to an aromatic ring is 1. The summed E-state index contributed by atoms with van der Waals surface area (Å²) in [5, 5.41) is 8.90. The molecule has 2 rings (SSSR count). The maximum Gasteiger partial charge on any atom is 0.0472 e. The molecule has 0 atom stereocenters. The van der Waals surface area contributed by atoms with Gasteiger partial charge in [-0.2, -0.15) is 0 Å². The number of anilines is 1. The number of nitrogens with one attached hydrogen (secondary N) is 1. The second-order valence-corrected chi connectivity index (χ2v) is 3.45. The van der Waals surface area contributed by atoms with Crippen molar-refractivity contribution in [3.05, 3.63) is 42.2 Å². The van der Waals surface area contributed by atoms with E-state index in [1.807, 2.05) is 36.7 Å². The van der Waals surface area contributed by atoms with Crippen LogP contribution in [0, 0.1) is 0 Å². The van der Waals surface area contributed by atoms with E-state index in [4.69, 9.17) is 10.8 Å². The molecule has 0 saturated carbocycles. The Balaban J connectivity index is 2.45. The van der Waals surface area contributed by atoms with Crippen LogP contribution in [0.3, 0.4) is 0 Å². The Morgan fingerprint density at radius 3 is 2.80 bits per heavy atom. The van der Waals surface area contributed by atoms with Crippen molar-refractivity contribution >= 4 is 5.69 Å². The SMILES string of the molecule is Nc1c(CCO)cccc1-c1cc[nH]c1. The molecule has 0 bridgehead atoms. The second kappa shape index (κ2) is 4.19. The topological polar surface area (TPSA) is 62.0 Å². The Hall–Kier alpha value is -1.74. The summed E-state index contributed by atoms with van der Waals surface area (Å²) >= 11 is 0. The van der Waals surface area contributed by atoms with Crippen LogP contribution in [-0.2, 0) is 6.42 Å². The van der Waals surface area contributed by atoms with Crippen LogP contribution < -0.4 is 5.73 Å². The standard InChI is InChI=1S/C12H14N2O/c13-12-9(5-7-15)2-1-3-11(12)10-4-6-14-8-10/h1-4,6,8,14-15H,5,7,13H2. The van der Waals surface area contributed by atoms with E-state index in [2.05, 4.69) is 4.98 Å². The van der Waals surface area contributed by atoms with Crippen LogP contribution in [0.4, 0.5) is 5.69 Å². The fourth-order valence-corrected chi connectivity index (χ4v) is 1.69. The minimum atomic E-state index is 0.126. The van der Waals surface area contributed by atoms with Gasteiger partial charge in [0.05, 0.1) is 0 Å². The van der Waals surface area contributed by atoms with Crippen molar-refractivity contribution in [2.45, 2.75) is 6.42 Å². The van der Waals surface area contributed by atoms with Crippen LogP contribution >= 0.6 is 0 Å². The van der Waals surface area contributed by atoms with Gasteiger partial charge >= 0.3 is 0 Å². The highest BCUT2D eigenvalue weighted by atomic mass is 16.2. The molecule has 0 unspecified atom stereocenters. The summed E-state index contributed by atoms with van der Waals surface area (Å²) in [5.41, 5.74) is 9.88. The lowest BCUT2D eigenvalue weighted by Gasteiger charge is -2.08. The lowest BCUT2D eigenvalue weighted by atomic mass is 10.0. The van der Waals surface area contributed by atoms with Gasteiger partial charge in [-0.1, -0.05) is 18.2 Å². The maximum atomic E-state index is 8.90. The molecule has 0 aliphatic rings. The Kier molecular flexibility index (Phi) is 2.74. The first-order valence-electron chi connectivity index (χ1n) is 4.94. The average Bonchev–Trinajstić information content (AvgIpc) is 2.74. The predicted molar refractivity (Wildman–Crippen MR) is 61.4 cm³/mol. The van der Waals surface area contributed by atoms with Crippen LogP contribution in [0.1, 0.15) is 5.56 Å². The quantitative estimate of drug-likeness (QED) is 0.664. The highest BCUT2D eigenvalue weighted by Crippen LogP contribution is 2.28. The van der Waals surface area contributed by atoms with Crippen LogP contribution in [0.25, 0.3) is 11.1 Å². The molecule has 15 heavy (non-hydrogen) atoms. The molecule has 0 aliphatic heterocycles. The molecule has 3 heteroatoms. The molecule has 0 radical (unpaired) electrons. The zero-order chi connectivity index (χ0) is 10.7. The molecule has 2 aromatic rings. The molecule has 1 heterocycles. The van der Waals surface area contributed by atoms with Crippen LogP contribution in [0.2, 0.25) is 0 Å². The smallest absolute Gasteiger partial charge is 0.0472 e. The average molecular weight is 202 g/mol. The minimum Gasteiger partial charge on any atom is -0.398 e. The van der Waals surface area contributed by atoms with Gasteiger partial charge in [0.2, 0.25) is 0 Å². The van der Waals surface area contributed by atoms with E-state index < -0.39 is 0 Å². The number of hydrogen-bond acceptors (Lipinski definition) is 2. The number of rotatable bonds is 3. The van der Waals surface area contributed by atoms with Gasteiger partial charge in [0.1, 0.15) is 0 Å². The molecular weight excluding hydrogens is 188 g/mol. The number of nitrogens with two attached hydrogens (primary N) is 1. The number of aromatic nitrogens is 1. The Morgan fingerprint density at radius 1 is 1.27 bits per heavy atom. The molecule has 3 nitrogen and oxygen atoms in total. The molecular formula is C12H14N2O. The summed E-state index contributed by atoms with van der Waals surface area (Å²) in [4.78, 5) is 3.00. The van der Waals surface area contributed by atoms with Gasteiger partial charge in [0.25, 0.3) is 0 Å². The molecule has 78 valence electrons. The van der Waals surface area contributed by atoms with Crippen molar-refractivity contribution < 1.29 is 5.11 Å². The number of benzene rings is 1. The van der Waals surface area contributed by atoms with Crippen molar-refractivity contribution in [2.24, 2.45) is 0 Å². The van der Waals surface area contributed by atoms with Gasteiger partial charge in [-0.15, -0.1) is 0 Å². The molecule has 1 aromatic carbocycles. The van der Waals surface area contributed by atoms with Crippen molar-refractivity contribution in [3.63, 3.8) is 0 Å². The summed E-state index contributed by atoms with van der Waals surface area (Å²) in [6.07, 6.45) is 4.38. The number of aliphatic hydroxyl groups is 1. The lowest BCUT2D eigenvalue weighted by molar-refractivity contribution is 0.300. The van der Waals surface area contributed by atoms with Gasteiger partial charge in [0.15, 0.2) is 0 Å². The van der Waals surface area contributed by atoms with Crippen molar-refractivity contribution in [1.29, 1.82) is 0 Å². The van der Waals surface area contributed by atoms with E-state index in [-0.39, 0.29) is 6.61 Å². The molecule has 0 amide bonds. The lowest BCUT2D eigenvalue weighted by Crippen LogP contribution is -1.99. The van der Waals surface area contributed by atoms with Crippen LogP contribution in [-0.4, -0.2) is 16.7 Å². The van der Waals surface area contributed by atoms with Crippen molar-refractivity contribution in [1.82, 2.24) is 4.98 Å². The zero-order valence-electron chi connectivity index (χ0n) is 8.40. The summed E-state index contributed by atoms with van der Waals surface area (Å²) in [7, 11) is 0. The van der Waals surface area contributed by atoms with E-state index in [9.17, 15) is 0 Å². The Labute approximate surface area is 88.6 Å². The zero-order valence-corrected chi connectivity index (χ0v) is 8.40. The van der Waals surface area contributed by atoms with E-state index in [1.165, 1.54) is 0 Å². The van der Waals surface area contributed by atoms with E-state index in [1.54, 1.807) is 0 Å². The first-order chi connectivity index (χ1) is 7.33. The number of aliphatic hydroxyl groups excluding tert-OH is 1. The molecule has 4 N–H and O–H groups in total. The summed E-state index contributed by atoms with van der Waals surface area (Å²) in [6.45, 7) is 0.126. The van der Waals surface area contributed by atoms with Crippen molar-refractivity contribution in [3.8, 4) is 11.1 Å². The third kappa shape index (κ3) is 1.87. The molecule has 0 spiro atoms. The van der Waals surface area contributed by atoms with Gasteiger partial charge in [-0.3, -0.25) is 0 Å². The van der Waals surface area contributed by atoms with Crippen LogP contribution in [0.15, 0.2) is 36.7 Å². The fourth-order valence-electron chi connectivity index (χ4n) is 1.69. The van der Waals surface area contributed by atoms with E-state index in [0.717, 1.165) is 22.4 Å². The third-order valence-electron chi connectivity index (χ3n) is 2.49. The monoisotopic (exact) mass is 202 g/mol. The first kappa shape index (κ1) is 9.80. The minimum absolute atomic E-state index is 0.126. The molecule has 0 saturated heterocycles. The highest BCUT2D eigenvalue weighted by molar-refractivity contribution is 5.78. The van der Waals surface area contributed by atoms with Crippen LogP contribution in [0.5, 0.6) is 0 Å².